The van der Waals surface area contributed by atoms with E-state index in [1.165, 1.54) is 8.61 Å². The van der Waals surface area contributed by atoms with Crippen LogP contribution in [0.15, 0.2) is 54.6 Å². The van der Waals surface area contributed by atoms with Gasteiger partial charge in [-0.05, 0) is 56.5 Å². The summed E-state index contributed by atoms with van der Waals surface area (Å²) in [5.41, 5.74) is 1.60. The third-order valence-electron chi connectivity index (χ3n) is 5.67. The molecule has 1 saturated heterocycles. The van der Waals surface area contributed by atoms with Gasteiger partial charge < -0.3 is 10.1 Å². The summed E-state index contributed by atoms with van der Waals surface area (Å²) in [5, 5.41) is 3.04. The predicted molar refractivity (Wildman–Crippen MR) is 122 cm³/mol. The third-order valence-corrected chi connectivity index (χ3v) is 7.68. The van der Waals surface area contributed by atoms with E-state index in [1.54, 1.807) is 38.3 Å². The molecule has 2 aromatic carbocycles. The molecule has 3 rings (SSSR count). The zero-order valence-electron chi connectivity index (χ0n) is 18.3. The van der Waals surface area contributed by atoms with Gasteiger partial charge in [0.2, 0.25) is 5.91 Å². The van der Waals surface area contributed by atoms with Gasteiger partial charge in [-0.3, -0.25) is 9.10 Å². The molecule has 0 saturated carbocycles. The first kappa shape index (κ1) is 23.1. The summed E-state index contributed by atoms with van der Waals surface area (Å²) >= 11 is 0. The first-order valence-corrected chi connectivity index (χ1v) is 12.0. The van der Waals surface area contributed by atoms with Crippen LogP contribution in [0.1, 0.15) is 38.3 Å². The van der Waals surface area contributed by atoms with Crippen molar-refractivity contribution in [1.29, 1.82) is 0 Å². The SMILES string of the molecule is CCN(c1ccc(OC)cc1)S(=O)(=O)N1CCC[C@@H](C(=O)N[C@@H](C)c2ccccc2)C1. The molecule has 0 aromatic heterocycles. The van der Waals surface area contributed by atoms with Crippen molar-refractivity contribution in [2.24, 2.45) is 5.92 Å². The molecule has 0 unspecified atom stereocenters. The molecule has 1 aliphatic heterocycles. The van der Waals surface area contributed by atoms with Crippen LogP contribution in [0.2, 0.25) is 0 Å². The maximum absolute atomic E-state index is 13.4. The highest BCUT2D eigenvalue weighted by molar-refractivity contribution is 7.90. The number of piperidine rings is 1. The van der Waals surface area contributed by atoms with Crippen LogP contribution in [-0.4, -0.2) is 45.4 Å². The van der Waals surface area contributed by atoms with E-state index in [1.807, 2.05) is 37.3 Å². The van der Waals surface area contributed by atoms with E-state index in [4.69, 9.17) is 4.74 Å². The van der Waals surface area contributed by atoms with Crippen molar-refractivity contribution in [2.45, 2.75) is 32.7 Å². The van der Waals surface area contributed by atoms with Gasteiger partial charge in [0.25, 0.3) is 0 Å². The van der Waals surface area contributed by atoms with E-state index in [9.17, 15) is 13.2 Å². The van der Waals surface area contributed by atoms with Gasteiger partial charge in [0.15, 0.2) is 0 Å². The smallest absolute Gasteiger partial charge is 0.304 e. The Labute approximate surface area is 185 Å². The monoisotopic (exact) mass is 445 g/mol. The fourth-order valence-electron chi connectivity index (χ4n) is 3.89. The molecule has 0 spiro atoms. The lowest BCUT2D eigenvalue weighted by molar-refractivity contribution is -0.126. The van der Waals surface area contributed by atoms with Crippen LogP contribution in [0.5, 0.6) is 5.75 Å². The van der Waals surface area contributed by atoms with Gasteiger partial charge in [-0.1, -0.05) is 30.3 Å². The third kappa shape index (κ3) is 5.37. The number of nitrogens with zero attached hydrogens (tertiary/aromatic N) is 2. The van der Waals surface area contributed by atoms with Crippen LogP contribution in [0.4, 0.5) is 5.69 Å². The summed E-state index contributed by atoms with van der Waals surface area (Å²) in [4.78, 5) is 12.9. The van der Waals surface area contributed by atoms with Gasteiger partial charge in [-0.25, -0.2) is 0 Å². The first-order chi connectivity index (χ1) is 14.9. The molecule has 0 aliphatic carbocycles. The second kappa shape index (κ2) is 10.2. The van der Waals surface area contributed by atoms with Gasteiger partial charge in [-0.2, -0.15) is 12.7 Å². The standard InChI is InChI=1S/C23H31N3O4S/c1-4-26(21-12-14-22(30-3)15-13-21)31(28,29)25-16-8-11-20(17-25)23(27)24-18(2)19-9-6-5-7-10-19/h5-7,9-10,12-15,18,20H,4,8,11,16-17H2,1-3H3,(H,24,27)/t18-,20+/m0/s1. The molecular formula is C23H31N3O4S. The fourth-order valence-corrected chi connectivity index (χ4v) is 5.61. The zero-order valence-corrected chi connectivity index (χ0v) is 19.1. The Morgan fingerprint density at radius 2 is 1.87 bits per heavy atom. The summed E-state index contributed by atoms with van der Waals surface area (Å²) in [5.74, 6) is 0.187. The minimum absolute atomic E-state index is 0.108. The van der Waals surface area contributed by atoms with Crippen molar-refractivity contribution in [1.82, 2.24) is 9.62 Å². The van der Waals surface area contributed by atoms with E-state index in [2.05, 4.69) is 5.32 Å². The lowest BCUT2D eigenvalue weighted by atomic mass is 9.98. The number of ether oxygens (including phenoxy) is 1. The second-order valence-corrected chi connectivity index (χ2v) is 9.56. The Balaban J connectivity index is 1.70. The van der Waals surface area contributed by atoms with Crippen LogP contribution < -0.4 is 14.4 Å². The number of carbonyl (C=O) groups excluding carboxylic acids is 1. The highest BCUT2D eigenvalue weighted by Gasteiger charge is 2.36. The average Bonchev–Trinajstić information content (AvgIpc) is 2.80. The molecule has 1 N–H and O–H groups in total. The van der Waals surface area contributed by atoms with Crippen molar-refractivity contribution in [2.75, 3.05) is 31.0 Å². The largest absolute Gasteiger partial charge is 0.497 e. The molecule has 0 bridgehead atoms. The predicted octanol–water partition coefficient (Wildman–Crippen LogP) is 3.36. The normalized spacial score (nSPS) is 18.2. The average molecular weight is 446 g/mol. The van der Waals surface area contributed by atoms with Crippen LogP contribution in [0, 0.1) is 5.92 Å². The Bertz CT molecular complexity index is 964. The van der Waals surface area contributed by atoms with E-state index in [0.29, 0.717) is 37.4 Å². The molecule has 2 atom stereocenters. The summed E-state index contributed by atoms with van der Waals surface area (Å²) in [6, 6.07) is 16.6. The maximum atomic E-state index is 13.4. The van der Waals surface area contributed by atoms with Gasteiger partial charge >= 0.3 is 10.2 Å². The van der Waals surface area contributed by atoms with Crippen LogP contribution in [0.3, 0.4) is 0 Å². The Morgan fingerprint density at radius 1 is 1.19 bits per heavy atom. The molecular weight excluding hydrogens is 414 g/mol. The number of rotatable bonds is 8. The minimum atomic E-state index is -3.75. The number of nitrogens with one attached hydrogen (secondary N) is 1. The number of carbonyl (C=O) groups is 1. The van der Waals surface area contributed by atoms with Gasteiger partial charge in [0.1, 0.15) is 5.75 Å². The summed E-state index contributed by atoms with van der Waals surface area (Å²) in [7, 11) is -2.18. The number of amides is 1. The molecule has 8 heteroatoms. The lowest BCUT2D eigenvalue weighted by Crippen LogP contribution is -2.50. The molecule has 168 valence electrons. The quantitative estimate of drug-likeness (QED) is 0.676. The van der Waals surface area contributed by atoms with Crippen LogP contribution in [-0.2, 0) is 15.0 Å². The molecule has 1 amide bonds. The van der Waals surface area contributed by atoms with Gasteiger partial charge in [0, 0.05) is 19.6 Å². The molecule has 1 fully saturated rings. The zero-order chi connectivity index (χ0) is 22.4. The van der Waals surface area contributed by atoms with Crippen molar-refractivity contribution in [3.8, 4) is 5.75 Å². The van der Waals surface area contributed by atoms with Crippen molar-refractivity contribution < 1.29 is 17.9 Å². The second-order valence-electron chi connectivity index (χ2n) is 7.71. The topological polar surface area (TPSA) is 79.0 Å². The summed E-state index contributed by atoms with van der Waals surface area (Å²) in [6.45, 7) is 4.63. The van der Waals surface area contributed by atoms with E-state index >= 15 is 0 Å². The highest BCUT2D eigenvalue weighted by atomic mass is 32.2. The molecule has 1 aliphatic rings. The van der Waals surface area contributed by atoms with Crippen molar-refractivity contribution in [3.05, 3.63) is 60.2 Å². The molecule has 0 radical (unpaired) electrons. The minimum Gasteiger partial charge on any atom is -0.497 e. The Kier molecular flexibility index (Phi) is 7.56. The summed E-state index contributed by atoms with van der Waals surface area (Å²) < 4.78 is 34.7. The van der Waals surface area contributed by atoms with Crippen LogP contribution in [0.25, 0.3) is 0 Å². The number of anilines is 1. The molecule has 7 nitrogen and oxygen atoms in total. The van der Waals surface area contributed by atoms with E-state index in [0.717, 1.165) is 5.56 Å². The number of hydrogen-bond donors (Lipinski definition) is 1. The van der Waals surface area contributed by atoms with E-state index in [-0.39, 0.29) is 24.4 Å². The highest BCUT2D eigenvalue weighted by Crippen LogP contribution is 2.27. The first-order valence-electron chi connectivity index (χ1n) is 10.6. The van der Waals surface area contributed by atoms with Crippen molar-refractivity contribution >= 4 is 21.8 Å². The summed E-state index contributed by atoms with van der Waals surface area (Å²) in [6.07, 6.45) is 1.32. The van der Waals surface area contributed by atoms with Gasteiger partial charge in [-0.15, -0.1) is 0 Å². The Hall–Kier alpha value is -2.58. The van der Waals surface area contributed by atoms with Gasteiger partial charge in [0.05, 0.1) is 24.8 Å². The molecule has 2 aromatic rings. The van der Waals surface area contributed by atoms with Crippen LogP contribution >= 0.6 is 0 Å². The van der Waals surface area contributed by atoms with Crippen molar-refractivity contribution in [3.63, 3.8) is 0 Å². The van der Waals surface area contributed by atoms with E-state index < -0.39 is 10.2 Å². The number of benzene rings is 2. The molecule has 31 heavy (non-hydrogen) atoms. The maximum Gasteiger partial charge on any atom is 0.304 e. The fraction of sp³-hybridized carbons (Fsp3) is 0.435. The Morgan fingerprint density at radius 3 is 2.48 bits per heavy atom. The molecule has 1 heterocycles. The lowest BCUT2D eigenvalue weighted by Gasteiger charge is -2.35. The number of methoxy groups -OCH3 is 1. The number of hydrogen-bond acceptors (Lipinski definition) is 4.